The third-order valence-corrected chi connectivity index (χ3v) is 4.27. The lowest BCUT2D eigenvalue weighted by molar-refractivity contribution is 0.103. The molecule has 2 aromatic heterocycles. The van der Waals surface area contributed by atoms with E-state index in [1.807, 2.05) is 43.3 Å². The Morgan fingerprint density at radius 3 is 2.62 bits per heavy atom. The number of nitrogens with one attached hydrogen (secondary N) is 1. The zero-order valence-electron chi connectivity index (χ0n) is 14.2. The van der Waals surface area contributed by atoms with E-state index in [4.69, 9.17) is 10.5 Å². The van der Waals surface area contributed by atoms with Crippen molar-refractivity contribution in [3.8, 4) is 11.5 Å². The zero-order chi connectivity index (χ0) is 18.1. The predicted octanol–water partition coefficient (Wildman–Crippen LogP) is 4.48. The molecule has 128 valence electrons. The van der Waals surface area contributed by atoms with E-state index in [0.29, 0.717) is 33.6 Å². The first-order valence-electron chi connectivity index (χ1n) is 8.23. The van der Waals surface area contributed by atoms with Crippen LogP contribution in [0.25, 0.3) is 11.0 Å². The fourth-order valence-corrected chi connectivity index (χ4v) is 2.99. The molecule has 0 aliphatic carbocycles. The van der Waals surface area contributed by atoms with Crippen molar-refractivity contribution in [3.05, 3.63) is 83.7 Å². The van der Waals surface area contributed by atoms with Gasteiger partial charge < -0.3 is 15.5 Å². The van der Waals surface area contributed by atoms with Gasteiger partial charge in [-0.3, -0.25) is 4.79 Å². The van der Waals surface area contributed by atoms with Crippen LogP contribution in [0.4, 0.5) is 5.69 Å². The molecule has 3 N–H and O–H groups in total. The first-order valence-corrected chi connectivity index (χ1v) is 8.23. The molecule has 2 aromatic carbocycles. The number of aromatic amines is 1. The summed E-state index contributed by atoms with van der Waals surface area (Å²) in [5.41, 5.74) is 9.13. The molecule has 0 bridgehead atoms. The first kappa shape index (κ1) is 15.9. The number of carbonyl (C=O) groups excluding carboxylic acids is 1. The van der Waals surface area contributed by atoms with Crippen LogP contribution in [0.15, 0.2) is 67.0 Å². The van der Waals surface area contributed by atoms with Gasteiger partial charge in [-0.2, -0.15) is 0 Å². The van der Waals surface area contributed by atoms with Crippen molar-refractivity contribution in [2.45, 2.75) is 6.92 Å². The minimum Gasteiger partial charge on any atom is -0.457 e. The Kier molecular flexibility index (Phi) is 3.89. The van der Waals surface area contributed by atoms with Crippen molar-refractivity contribution < 1.29 is 9.53 Å². The number of ether oxygens (including phenoxy) is 1. The van der Waals surface area contributed by atoms with Gasteiger partial charge in [-0.15, -0.1) is 0 Å². The second-order valence-electron chi connectivity index (χ2n) is 6.05. The molecule has 0 fully saturated rings. The number of hydrogen-bond donors (Lipinski definition) is 2. The second kappa shape index (κ2) is 6.37. The average Bonchev–Trinajstić information content (AvgIpc) is 3.08. The van der Waals surface area contributed by atoms with E-state index >= 15 is 0 Å². The number of pyridine rings is 1. The Labute approximate surface area is 150 Å². The summed E-state index contributed by atoms with van der Waals surface area (Å²) >= 11 is 0. The number of ketones is 1. The molecule has 0 radical (unpaired) electrons. The van der Waals surface area contributed by atoms with Crippen molar-refractivity contribution >= 4 is 22.5 Å². The number of benzene rings is 2. The number of aryl methyl sites for hydroxylation is 1. The van der Waals surface area contributed by atoms with Crippen molar-refractivity contribution in [2.24, 2.45) is 0 Å². The Hall–Kier alpha value is -3.60. The summed E-state index contributed by atoms with van der Waals surface area (Å²) in [5, 5.41) is 0.654. The molecule has 0 spiro atoms. The fourth-order valence-electron chi connectivity index (χ4n) is 2.99. The van der Waals surface area contributed by atoms with Gasteiger partial charge in [-0.25, -0.2) is 4.98 Å². The van der Waals surface area contributed by atoms with E-state index in [-0.39, 0.29) is 5.78 Å². The topological polar surface area (TPSA) is 81.0 Å². The van der Waals surface area contributed by atoms with Crippen molar-refractivity contribution in [3.63, 3.8) is 0 Å². The summed E-state index contributed by atoms with van der Waals surface area (Å²) in [6, 6.07) is 16.7. The Bertz CT molecular complexity index is 1100. The minimum absolute atomic E-state index is 0.0975. The van der Waals surface area contributed by atoms with Gasteiger partial charge in [0.2, 0.25) is 0 Å². The van der Waals surface area contributed by atoms with Crippen LogP contribution in [-0.4, -0.2) is 15.8 Å². The van der Waals surface area contributed by atoms with E-state index < -0.39 is 0 Å². The van der Waals surface area contributed by atoms with Crippen LogP contribution in [0.3, 0.4) is 0 Å². The molecule has 0 atom stereocenters. The smallest absolute Gasteiger partial charge is 0.195 e. The number of aromatic nitrogens is 2. The molecular formula is C21H17N3O2. The molecule has 0 amide bonds. The lowest BCUT2D eigenvalue weighted by Crippen LogP contribution is -2.04. The summed E-state index contributed by atoms with van der Waals surface area (Å²) in [6.07, 6.45) is 3.27. The summed E-state index contributed by atoms with van der Waals surface area (Å²) in [5.74, 6) is 1.34. The fraction of sp³-hybridized carbons (Fsp3) is 0.0476. The van der Waals surface area contributed by atoms with Crippen molar-refractivity contribution in [1.82, 2.24) is 9.97 Å². The first-order chi connectivity index (χ1) is 12.6. The SMILES string of the molecule is Cc1cc(Oc2ccccc2)ccc1C(=O)c1c[nH]c2nccc(N)c12. The molecule has 0 saturated heterocycles. The molecule has 4 rings (SSSR count). The normalized spacial score (nSPS) is 10.8. The maximum absolute atomic E-state index is 13.0. The lowest BCUT2D eigenvalue weighted by atomic mass is 9.98. The number of H-pyrrole nitrogens is 1. The highest BCUT2D eigenvalue weighted by Crippen LogP contribution is 2.28. The monoisotopic (exact) mass is 343 g/mol. The van der Waals surface area contributed by atoms with Gasteiger partial charge in [-0.1, -0.05) is 18.2 Å². The van der Waals surface area contributed by atoms with E-state index in [1.165, 1.54) is 0 Å². The highest BCUT2D eigenvalue weighted by Gasteiger charge is 2.18. The van der Waals surface area contributed by atoms with E-state index in [9.17, 15) is 4.79 Å². The summed E-state index contributed by atoms with van der Waals surface area (Å²) < 4.78 is 5.83. The van der Waals surface area contributed by atoms with E-state index in [2.05, 4.69) is 9.97 Å². The van der Waals surface area contributed by atoms with Crippen LogP contribution in [0, 0.1) is 6.92 Å². The predicted molar refractivity (Wildman–Crippen MR) is 102 cm³/mol. The van der Waals surface area contributed by atoms with Gasteiger partial charge >= 0.3 is 0 Å². The third-order valence-electron chi connectivity index (χ3n) is 4.27. The number of nitrogen functional groups attached to an aromatic ring is 1. The molecule has 0 unspecified atom stereocenters. The average molecular weight is 343 g/mol. The molecule has 0 aliphatic heterocycles. The molecule has 5 heteroatoms. The second-order valence-corrected chi connectivity index (χ2v) is 6.05. The number of para-hydroxylation sites is 1. The number of rotatable bonds is 4. The van der Waals surface area contributed by atoms with Crippen LogP contribution in [-0.2, 0) is 0 Å². The quantitative estimate of drug-likeness (QED) is 0.535. The lowest BCUT2D eigenvalue weighted by Gasteiger charge is -2.09. The maximum Gasteiger partial charge on any atom is 0.195 e. The van der Waals surface area contributed by atoms with Gasteiger partial charge in [0.05, 0.1) is 10.9 Å². The Morgan fingerprint density at radius 2 is 1.85 bits per heavy atom. The molecule has 0 saturated carbocycles. The van der Waals surface area contributed by atoms with E-state index in [0.717, 1.165) is 11.3 Å². The number of nitrogens with two attached hydrogens (primary N) is 1. The number of carbonyl (C=O) groups is 1. The summed E-state index contributed by atoms with van der Waals surface area (Å²) in [6.45, 7) is 1.89. The van der Waals surface area contributed by atoms with Gasteiger partial charge in [0.1, 0.15) is 17.1 Å². The van der Waals surface area contributed by atoms with Crippen molar-refractivity contribution in [1.29, 1.82) is 0 Å². The highest BCUT2D eigenvalue weighted by molar-refractivity contribution is 6.18. The Balaban J connectivity index is 1.68. The minimum atomic E-state index is -0.0975. The standard InChI is InChI=1S/C21H17N3O2/c1-13-11-15(26-14-5-3-2-4-6-14)7-8-16(13)20(25)17-12-24-21-19(17)18(22)9-10-23-21/h2-12H,1H3,(H3,22,23,24). The number of anilines is 1. The molecule has 5 nitrogen and oxygen atoms in total. The van der Waals surface area contributed by atoms with Crippen LogP contribution < -0.4 is 10.5 Å². The zero-order valence-corrected chi connectivity index (χ0v) is 14.2. The van der Waals surface area contributed by atoms with Gasteiger partial charge in [0.15, 0.2) is 5.78 Å². The molecule has 26 heavy (non-hydrogen) atoms. The van der Waals surface area contributed by atoms with Gasteiger partial charge in [0, 0.05) is 23.6 Å². The van der Waals surface area contributed by atoms with Crippen LogP contribution in [0.1, 0.15) is 21.5 Å². The largest absolute Gasteiger partial charge is 0.457 e. The van der Waals surface area contributed by atoms with Crippen molar-refractivity contribution in [2.75, 3.05) is 5.73 Å². The van der Waals surface area contributed by atoms with Crippen LogP contribution in [0.5, 0.6) is 11.5 Å². The molecule has 4 aromatic rings. The third kappa shape index (κ3) is 2.80. The maximum atomic E-state index is 13.0. The highest BCUT2D eigenvalue weighted by atomic mass is 16.5. The Morgan fingerprint density at radius 1 is 1.04 bits per heavy atom. The summed E-state index contributed by atoms with van der Waals surface area (Å²) in [7, 11) is 0. The number of fused-ring (bicyclic) bond motifs is 1. The van der Waals surface area contributed by atoms with Gasteiger partial charge in [-0.05, 0) is 48.9 Å². The molecular weight excluding hydrogens is 326 g/mol. The number of nitrogens with zero attached hydrogens (tertiary/aromatic N) is 1. The molecule has 2 heterocycles. The summed E-state index contributed by atoms with van der Waals surface area (Å²) in [4.78, 5) is 20.2. The van der Waals surface area contributed by atoms with Gasteiger partial charge in [0.25, 0.3) is 0 Å². The van der Waals surface area contributed by atoms with Crippen LogP contribution >= 0.6 is 0 Å². The number of hydrogen-bond acceptors (Lipinski definition) is 4. The van der Waals surface area contributed by atoms with E-state index in [1.54, 1.807) is 30.6 Å². The molecule has 0 aliphatic rings. The van der Waals surface area contributed by atoms with Crippen LogP contribution in [0.2, 0.25) is 0 Å².